The Morgan fingerprint density at radius 2 is 1.41 bits per heavy atom. The highest BCUT2D eigenvalue weighted by Crippen LogP contribution is 2.24. The molecule has 3 aromatic rings. The van der Waals surface area contributed by atoms with E-state index in [4.69, 9.17) is 4.74 Å². The lowest BCUT2D eigenvalue weighted by molar-refractivity contribution is -0.119. The maximum atomic E-state index is 12.6. The van der Waals surface area contributed by atoms with Crippen molar-refractivity contribution < 1.29 is 14.3 Å². The van der Waals surface area contributed by atoms with Crippen molar-refractivity contribution >= 4 is 34.0 Å². The van der Waals surface area contributed by atoms with Gasteiger partial charge >= 0.3 is 0 Å². The van der Waals surface area contributed by atoms with Gasteiger partial charge in [-0.3, -0.25) is 14.5 Å². The Morgan fingerprint density at radius 3 is 2.14 bits per heavy atom. The van der Waals surface area contributed by atoms with E-state index in [1.807, 2.05) is 61.5 Å². The van der Waals surface area contributed by atoms with Gasteiger partial charge in [-0.1, -0.05) is 55.5 Å². The molecule has 3 aromatic carbocycles. The molecule has 0 atom stereocenters. The normalized spacial score (nSPS) is 10.7. The van der Waals surface area contributed by atoms with Gasteiger partial charge in [0.2, 0.25) is 11.8 Å². The van der Waals surface area contributed by atoms with Crippen LogP contribution in [0.3, 0.4) is 0 Å². The van der Waals surface area contributed by atoms with Crippen molar-refractivity contribution in [3.05, 3.63) is 66.7 Å². The second-order valence-electron chi connectivity index (χ2n) is 6.63. The molecular weight excluding hydrogens is 366 g/mol. The van der Waals surface area contributed by atoms with Gasteiger partial charge in [-0.2, -0.15) is 0 Å². The minimum Gasteiger partial charge on any atom is -0.495 e. The Labute approximate surface area is 170 Å². The fraction of sp³-hybridized carbons (Fsp3) is 0.217. The number of rotatable bonds is 8. The van der Waals surface area contributed by atoms with Crippen molar-refractivity contribution in [2.45, 2.75) is 6.92 Å². The van der Waals surface area contributed by atoms with Crippen LogP contribution in [0.25, 0.3) is 10.8 Å². The van der Waals surface area contributed by atoms with Gasteiger partial charge in [0.25, 0.3) is 0 Å². The first-order chi connectivity index (χ1) is 14.1. The molecule has 2 amide bonds. The Hall–Kier alpha value is -3.38. The number of nitrogens with zero attached hydrogens (tertiary/aromatic N) is 1. The van der Waals surface area contributed by atoms with Gasteiger partial charge < -0.3 is 15.4 Å². The Morgan fingerprint density at radius 1 is 0.828 bits per heavy atom. The minimum atomic E-state index is -0.200. The second-order valence-corrected chi connectivity index (χ2v) is 6.63. The zero-order valence-corrected chi connectivity index (χ0v) is 16.6. The minimum absolute atomic E-state index is 0.109. The molecule has 0 heterocycles. The summed E-state index contributed by atoms with van der Waals surface area (Å²) in [5.41, 5.74) is 1.37. The van der Waals surface area contributed by atoms with Crippen LogP contribution in [0.4, 0.5) is 11.4 Å². The van der Waals surface area contributed by atoms with E-state index < -0.39 is 0 Å². The number of hydrogen-bond acceptors (Lipinski definition) is 4. The lowest BCUT2D eigenvalue weighted by Crippen LogP contribution is -2.38. The fourth-order valence-electron chi connectivity index (χ4n) is 3.15. The second kappa shape index (κ2) is 9.71. The topological polar surface area (TPSA) is 70.7 Å². The van der Waals surface area contributed by atoms with Gasteiger partial charge in [0, 0.05) is 11.1 Å². The first-order valence-electron chi connectivity index (χ1n) is 9.53. The number of anilines is 2. The Bertz CT molecular complexity index is 998. The monoisotopic (exact) mass is 391 g/mol. The molecule has 0 aromatic heterocycles. The number of carbonyl (C=O) groups is 2. The summed E-state index contributed by atoms with van der Waals surface area (Å²) in [6.45, 7) is 2.72. The van der Waals surface area contributed by atoms with Gasteiger partial charge in [-0.25, -0.2) is 0 Å². The molecule has 0 aliphatic heterocycles. The van der Waals surface area contributed by atoms with E-state index in [9.17, 15) is 9.59 Å². The first-order valence-corrected chi connectivity index (χ1v) is 9.53. The van der Waals surface area contributed by atoms with Crippen LogP contribution >= 0.6 is 0 Å². The van der Waals surface area contributed by atoms with Crippen LogP contribution in [0.5, 0.6) is 5.75 Å². The van der Waals surface area contributed by atoms with Gasteiger partial charge in [0.05, 0.1) is 25.9 Å². The van der Waals surface area contributed by atoms with Crippen LogP contribution in [-0.4, -0.2) is 43.5 Å². The fourth-order valence-corrected chi connectivity index (χ4v) is 3.15. The number of fused-ring (bicyclic) bond motifs is 1. The molecule has 6 heteroatoms. The van der Waals surface area contributed by atoms with Gasteiger partial charge in [-0.05, 0) is 30.1 Å². The van der Waals surface area contributed by atoms with E-state index in [1.54, 1.807) is 24.1 Å². The molecule has 0 unspecified atom stereocenters. The maximum Gasteiger partial charge on any atom is 0.238 e. The number of para-hydroxylation sites is 2. The molecule has 6 nitrogen and oxygen atoms in total. The lowest BCUT2D eigenvalue weighted by atomic mass is 10.1. The van der Waals surface area contributed by atoms with E-state index in [2.05, 4.69) is 10.6 Å². The van der Waals surface area contributed by atoms with Crippen molar-refractivity contribution in [2.75, 3.05) is 37.4 Å². The molecule has 0 radical (unpaired) electrons. The highest BCUT2D eigenvalue weighted by molar-refractivity contribution is 6.03. The number of nitrogens with one attached hydrogen (secondary N) is 2. The van der Waals surface area contributed by atoms with Crippen molar-refractivity contribution in [3.8, 4) is 5.75 Å². The van der Waals surface area contributed by atoms with Crippen LogP contribution in [-0.2, 0) is 9.59 Å². The standard InChI is InChI=1S/C23H25N3O3/c1-3-26(16-23(28)25-20-12-6-7-14-21(20)29-2)15-22(27)24-19-13-8-10-17-9-4-5-11-18(17)19/h4-14H,3,15-16H2,1-2H3,(H,24,27)(H,25,28). The summed E-state index contributed by atoms with van der Waals surface area (Å²) in [6, 6.07) is 20.9. The average Bonchev–Trinajstić information content (AvgIpc) is 2.74. The van der Waals surface area contributed by atoms with E-state index in [0.29, 0.717) is 18.0 Å². The van der Waals surface area contributed by atoms with Crippen LogP contribution in [0, 0.1) is 0 Å². The zero-order chi connectivity index (χ0) is 20.6. The largest absolute Gasteiger partial charge is 0.495 e. The van der Waals surface area contributed by atoms with Crippen LogP contribution < -0.4 is 15.4 Å². The molecule has 0 bridgehead atoms. The third kappa shape index (κ3) is 5.33. The van der Waals surface area contributed by atoms with Crippen molar-refractivity contribution in [3.63, 3.8) is 0 Å². The van der Waals surface area contributed by atoms with E-state index in [0.717, 1.165) is 16.5 Å². The van der Waals surface area contributed by atoms with Crippen LogP contribution in [0.15, 0.2) is 66.7 Å². The number of ether oxygens (including phenoxy) is 1. The average molecular weight is 391 g/mol. The van der Waals surface area contributed by atoms with E-state index >= 15 is 0 Å². The molecular formula is C23H25N3O3. The Kier molecular flexibility index (Phi) is 6.81. The van der Waals surface area contributed by atoms with Crippen molar-refractivity contribution in [1.82, 2.24) is 4.90 Å². The third-order valence-corrected chi connectivity index (χ3v) is 4.63. The van der Waals surface area contributed by atoms with Crippen molar-refractivity contribution in [1.29, 1.82) is 0 Å². The predicted octanol–water partition coefficient (Wildman–Crippen LogP) is 3.75. The molecule has 0 saturated carbocycles. The van der Waals surface area contributed by atoms with Gasteiger partial charge in [0.1, 0.15) is 5.75 Å². The third-order valence-electron chi connectivity index (χ3n) is 4.63. The molecule has 2 N–H and O–H groups in total. The molecule has 29 heavy (non-hydrogen) atoms. The molecule has 0 aliphatic carbocycles. The smallest absolute Gasteiger partial charge is 0.238 e. The summed E-state index contributed by atoms with van der Waals surface area (Å²) in [5.74, 6) is 0.236. The number of amides is 2. The lowest BCUT2D eigenvalue weighted by Gasteiger charge is -2.20. The van der Waals surface area contributed by atoms with Gasteiger partial charge in [-0.15, -0.1) is 0 Å². The molecule has 0 spiro atoms. The summed E-state index contributed by atoms with van der Waals surface area (Å²) in [5, 5.41) is 7.84. The summed E-state index contributed by atoms with van der Waals surface area (Å²) in [7, 11) is 1.56. The number of hydrogen-bond donors (Lipinski definition) is 2. The van der Waals surface area contributed by atoms with E-state index in [1.165, 1.54) is 0 Å². The molecule has 150 valence electrons. The number of benzene rings is 3. The summed E-state index contributed by atoms with van der Waals surface area (Å²) in [4.78, 5) is 26.8. The van der Waals surface area contributed by atoms with E-state index in [-0.39, 0.29) is 24.9 Å². The van der Waals surface area contributed by atoms with Crippen molar-refractivity contribution in [2.24, 2.45) is 0 Å². The summed E-state index contributed by atoms with van der Waals surface area (Å²) in [6.07, 6.45) is 0. The summed E-state index contributed by atoms with van der Waals surface area (Å²) < 4.78 is 5.25. The molecule has 0 fully saturated rings. The highest BCUT2D eigenvalue weighted by Gasteiger charge is 2.15. The summed E-state index contributed by atoms with van der Waals surface area (Å²) >= 11 is 0. The SMILES string of the molecule is CCN(CC(=O)Nc1ccccc1OC)CC(=O)Nc1cccc2ccccc12. The number of methoxy groups -OCH3 is 1. The number of likely N-dealkylation sites (N-methyl/N-ethyl adjacent to an activating group) is 1. The quantitative estimate of drug-likeness (QED) is 0.614. The molecule has 0 aliphatic rings. The first kappa shape index (κ1) is 20.4. The Balaban J connectivity index is 1.60. The maximum absolute atomic E-state index is 12.6. The number of carbonyl (C=O) groups excluding carboxylic acids is 2. The zero-order valence-electron chi connectivity index (χ0n) is 16.6. The highest BCUT2D eigenvalue weighted by atomic mass is 16.5. The molecule has 0 saturated heterocycles. The molecule has 3 rings (SSSR count). The van der Waals surface area contributed by atoms with Gasteiger partial charge in [0.15, 0.2) is 0 Å². The van der Waals surface area contributed by atoms with Crippen LogP contribution in [0.1, 0.15) is 6.92 Å². The predicted molar refractivity (Wildman–Crippen MR) is 116 cm³/mol. The van der Waals surface area contributed by atoms with Crippen LogP contribution in [0.2, 0.25) is 0 Å².